The quantitative estimate of drug-likeness (QED) is 0.707. The second-order valence-electron chi connectivity index (χ2n) is 5.59. The minimum absolute atomic E-state index is 0.128. The number of carbonyl (C=O) groups is 1. The zero-order chi connectivity index (χ0) is 18.5. The standard InChI is InChI=1S/C19H18ClN3O3/c1-3-25-16-9-8-13(10-12(16)2)19(24)21-11-17-22-18(23-26-17)14-6-4-5-7-15(14)20/h4-10H,3,11H2,1-2H3,(H,21,24). The number of nitrogens with zero attached hydrogens (tertiary/aromatic N) is 2. The van der Waals surface area contributed by atoms with Crippen molar-refractivity contribution >= 4 is 17.5 Å². The normalized spacial score (nSPS) is 10.6. The van der Waals surface area contributed by atoms with Crippen LogP contribution in [0, 0.1) is 6.92 Å². The van der Waals surface area contributed by atoms with Gasteiger partial charge >= 0.3 is 0 Å². The molecule has 134 valence electrons. The summed E-state index contributed by atoms with van der Waals surface area (Å²) >= 11 is 6.12. The van der Waals surface area contributed by atoms with Crippen molar-refractivity contribution in [2.75, 3.05) is 6.61 Å². The molecule has 0 aliphatic rings. The van der Waals surface area contributed by atoms with Crippen molar-refractivity contribution in [1.29, 1.82) is 0 Å². The minimum atomic E-state index is -0.228. The van der Waals surface area contributed by atoms with Gasteiger partial charge in [0.2, 0.25) is 11.7 Å². The van der Waals surface area contributed by atoms with E-state index in [0.29, 0.717) is 34.5 Å². The van der Waals surface area contributed by atoms with Crippen molar-refractivity contribution < 1.29 is 14.1 Å². The molecule has 3 rings (SSSR count). The van der Waals surface area contributed by atoms with Gasteiger partial charge in [-0.15, -0.1) is 0 Å². The van der Waals surface area contributed by atoms with Gasteiger partial charge < -0.3 is 14.6 Å². The Balaban J connectivity index is 1.65. The largest absolute Gasteiger partial charge is 0.494 e. The van der Waals surface area contributed by atoms with Crippen LogP contribution in [0.5, 0.6) is 5.75 Å². The van der Waals surface area contributed by atoms with Gasteiger partial charge in [-0.25, -0.2) is 0 Å². The predicted molar refractivity (Wildman–Crippen MR) is 98.3 cm³/mol. The molecule has 0 fully saturated rings. The number of benzene rings is 2. The summed E-state index contributed by atoms with van der Waals surface area (Å²) in [6, 6.07) is 12.5. The maximum atomic E-state index is 12.3. The molecule has 7 heteroatoms. The molecule has 1 amide bonds. The zero-order valence-corrected chi connectivity index (χ0v) is 15.2. The van der Waals surface area contributed by atoms with E-state index in [9.17, 15) is 4.79 Å². The summed E-state index contributed by atoms with van der Waals surface area (Å²) in [6.45, 7) is 4.52. The fraction of sp³-hybridized carbons (Fsp3) is 0.211. The van der Waals surface area contributed by atoms with Crippen LogP contribution in [0.2, 0.25) is 5.02 Å². The monoisotopic (exact) mass is 371 g/mol. The highest BCUT2D eigenvalue weighted by molar-refractivity contribution is 6.33. The molecule has 1 N–H and O–H groups in total. The van der Waals surface area contributed by atoms with Crippen LogP contribution in [0.25, 0.3) is 11.4 Å². The lowest BCUT2D eigenvalue weighted by Gasteiger charge is -2.09. The smallest absolute Gasteiger partial charge is 0.251 e. The number of rotatable bonds is 6. The van der Waals surface area contributed by atoms with E-state index in [1.165, 1.54) is 0 Å². The van der Waals surface area contributed by atoms with Gasteiger partial charge in [0.25, 0.3) is 5.91 Å². The summed E-state index contributed by atoms with van der Waals surface area (Å²) in [7, 11) is 0. The van der Waals surface area contributed by atoms with Gasteiger partial charge in [0.05, 0.1) is 18.2 Å². The van der Waals surface area contributed by atoms with Gasteiger partial charge in [0.15, 0.2) is 0 Å². The Kier molecular flexibility index (Phi) is 5.53. The Bertz CT molecular complexity index is 924. The first-order valence-corrected chi connectivity index (χ1v) is 8.55. The van der Waals surface area contributed by atoms with Gasteiger partial charge in [-0.2, -0.15) is 4.98 Å². The third kappa shape index (κ3) is 4.03. The van der Waals surface area contributed by atoms with Crippen LogP contribution in [0.3, 0.4) is 0 Å². The van der Waals surface area contributed by atoms with Crippen molar-refractivity contribution in [3.8, 4) is 17.1 Å². The van der Waals surface area contributed by atoms with Gasteiger partial charge in [-0.1, -0.05) is 28.9 Å². The van der Waals surface area contributed by atoms with E-state index in [0.717, 1.165) is 11.3 Å². The lowest BCUT2D eigenvalue weighted by molar-refractivity contribution is 0.0946. The van der Waals surface area contributed by atoms with Crippen LogP contribution in [-0.4, -0.2) is 22.7 Å². The van der Waals surface area contributed by atoms with Crippen molar-refractivity contribution in [3.63, 3.8) is 0 Å². The summed E-state index contributed by atoms with van der Waals surface area (Å²) in [5.41, 5.74) is 2.12. The lowest BCUT2D eigenvalue weighted by atomic mass is 10.1. The number of ether oxygens (including phenoxy) is 1. The van der Waals surface area contributed by atoms with E-state index in [-0.39, 0.29) is 12.5 Å². The molecule has 0 saturated carbocycles. The van der Waals surface area contributed by atoms with Crippen molar-refractivity contribution in [1.82, 2.24) is 15.5 Å². The molecular weight excluding hydrogens is 354 g/mol. The number of amides is 1. The summed E-state index contributed by atoms with van der Waals surface area (Å²) in [6.07, 6.45) is 0. The highest BCUT2D eigenvalue weighted by atomic mass is 35.5. The molecule has 0 spiro atoms. The van der Waals surface area contributed by atoms with Crippen molar-refractivity contribution in [2.24, 2.45) is 0 Å². The average molecular weight is 372 g/mol. The maximum Gasteiger partial charge on any atom is 0.251 e. The summed E-state index contributed by atoms with van der Waals surface area (Å²) in [5, 5.41) is 7.21. The number of hydrogen-bond donors (Lipinski definition) is 1. The van der Waals surface area contributed by atoms with Gasteiger partial charge in [0.1, 0.15) is 5.75 Å². The predicted octanol–water partition coefficient (Wildman–Crippen LogP) is 4.03. The van der Waals surface area contributed by atoms with Crippen LogP contribution < -0.4 is 10.1 Å². The molecule has 1 heterocycles. The zero-order valence-electron chi connectivity index (χ0n) is 14.5. The number of aryl methyl sites for hydroxylation is 1. The van der Waals surface area contributed by atoms with E-state index in [4.69, 9.17) is 20.9 Å². The molecule has 2 aromatic carbocycles. The number of halogens is 1. The number of hydrogen-bond acceptors (Lipinski definition) is 5. The van der Waals surface area contributed by atoms with Crippen LogP contribution in [-0.2, 0) is 6.54 Å². The molecule has 26 heavy (non-hydrogen) atoms. The van der Waals surface area contributed by atoms with Crippen LogP contribution >= 0.6 is 11.6 Å². The summed E-state index contributed by atoms with van der Waals surface area (Å²) in [5.74, 6) is 1.23. The molecule has 0 bridgehead atoms. The van der Waals surface area contributed by atoms with Crippen molar-refractivity contribution in [2.45, 2.75) is 20.4 Å². The third-order valence-corrected chi connectivity index (χ3v) is 4.05. The molecule has 3 aromatic rings. The second-order valence-corrected chi connectivity index (χ2v) is 5.99. The van der Waals surface area contributed by atoms with E-state index >= 15 is 0 Å². The summed E-state index contributed by atoms with van der Waals surface area (Å²) < 4.78 is 10.7. The molecule has 0 saturated heterocycles. The lowest BCUT2D eigenvalue weighted by Crippen LogP contribution is -2.23. The van der Waals surface area contributed by atoms with E-state index in [2.05, 4.69) is 15.5 Å². The van der Waals surface area contributed by atoms with Gasteiger partial charge in [-0.3, -0.25) is 4.79 Å². The average Bonchev–Trinajstić information content (AvgIpc) is 3.10. The Morgan fingerprint density at radius 3 is 2.81 bits per heavy atom. The third-order valence-electron chi connectivity index (χ3n) is 3.72. The number of carbonyl (C=O) groups excluding carboxylic acids is 1. The van der Waals surface area contributed by atoms with Gasteiger partial charge in [0, 0.05) is 11.1 Å². The molecule has 0 radical (unpaired) electrons. The number of aromatic nitrogens is 2. The highest BCUT2D eigenvalue weighted by Crippen LogP contribution is 2.25. The molecule has 0 aliphatic carbocycles. The highest BCUT2D eigenvalue weighted by Gasteiger charge is 2.13. The molecular formula is C19H18ClN3O3. The van der Waals surface area contributed by atoms with E-state index in [1.807, 2.05) is 26.0 Å². The molecule has 0 atom stereocenters. The maximum absolute atomic E-state index is 12.3. The fourth-order valence-electron chi connectivity index (χ4n) is 2.44. The Morgan fingerprint density at radius 2 is 2.08 bits per heavy atom. The number of nitrogens with one attached hydrogen (secondary N) is 1. The molecule has 0 unspecified atom stereocenters. The Hall–Kier alpha value is -2.86. The molecule has 0 aliphatic heterocycles. The second kappa shape index (κ2) is 8.01. The topological polar surface area (TPSA) is 77.2 Å². The summed E-state index contributed by atoms with van der Waals surface area (Å²) in [4.78, 5) is 16.6. The SMILES string of the molecule is CCOc1ccc(C(=O)NCc2nc(-c3ccccc3Cl)no2)cc1C. The van der Waals surface area contributed by atoms with Crippen LogP contribution in [0.1, 0.15) is 28.7 Å². The van der Waals surface area contributed by atoms with Crippen LogP contribution in [0.4, 0.5) is 0 Å². The first kappa shape index (κ1) is 17.9. The molecule has 1 aromatic heterocycles. The first-order chi connectivity index (χ1) is 12.6. The van der Waals surface area contributed by atoms with E-state index < -0.39 is 0 Å². The van der Waals surface area contributed by atoms with Crippen LogP contribution in [0.15, 0.2) is 47.0 Å². The minimum Gasteiger partial charge on any atom is -0.494 e. The van der Waals surface area contributed by atoms with Crippen molar-refractivity contribution in [3.05, 3.63) is 64.5 Å². The fourth-order valence-corrected chi connectivity index (χ4v) is 2.66. The van der Waals surface area contributed by atoms with E-state index in [1.54, 1.807) is 30.3 Å². The van der Waals surface area contributed by atoms with Gasteiger partial charge in [-0.05, 0) is 49.7 Å². The molecule has 6 nitrogen and oxygen atoms in total. The Morgan fingerprint density at radius 1 is 1.27 bits per heavy atom. The first-order valence-electron chi connectivity index (χ1n) is 8.17. The Labute approximate surface area is 156 Å².